The van der Waals surface area contributed by atoms with Crippen molar-refractivity contribution >= 4 is 11.8 Å². The van der Waals surface area contributed by atoms with Gasteiger partial charge in [0, 0.05) is 22.5 Å². The molecule has 0 heterocycles. The van der Waals surface area contributed by atoms with Gasteiger partial charge in [-0.15, -0.1) is 11.8 Å². The molecule has 122 valence electrons. The maximum atomic E-state index is 10.4. The lowest BCUT2D eigenvalue weighted by Gasteiger charge is -2.14. The maximum Gasteiger partial charge on any atom is 0.125 e. The first-order chi connectivity index (χ1) is 11.7. The molecule has 4 rings (SSSR count). The quantitative estimate of drug-likeness (QED) is 0.787. The van der Waals surface area contributed by atoms with Crippen molar-refractivity contribution in [1.29, 1.82) is 0 Å². The van der Waals surface area contributed by atoms with E-state index in [1.54, 1.807) is 11.8 Å². The molecule has 3 heteroatoms. The summed E-state index contributed by atoms with van der Waals surface area (Å²) in [6.45, 7) is 4.19. The van der Waals surface area contributed by atoms with Crippen molar-refractivity contribution in [3.05, 3.63) is 89.7 Å². The summed E-state index contributed by atoms with van der Waals surface area (Å²) < 4.78 is 0. The van der Waals surface area contributed by atoms with Crippen LogP contribution in [0.15, 0.2) is 89.0 Å². The Bertz CT molecular complexity index is 782. The molecule has 2 nitrogen and oxygen atoms in total. The van der Waals surface area contributed by atoms with Gasteiger partial charge in [0.1, 0.15) is 11.9 Å². The normalized spacial score (nSPS) is 27.9. The standard InChI is InChI=1S/C21H20O2S/c1-13(12-24-15-10-6-3-7-11-15)16-18-17(14-8-4-2-5-9-14)19(18)21(23)20(16)22/h2-11,17-19,21-23H,1,12H2. The molecule has 0 aliphatic heterocycles. The minimum Gasteiger partial charge on any atom is -0.509 e. The molecule has 2 aromatic carbocycles. The van der Waals surface area contributed by atoms with E-state index >= 15 is 0 Å². The third kappa shape index (κ3) is 2.58. The van der Waals surface area contributed by atoms with Crippen molar-refractivity contribution in [3.63, 3.8) is 0 Å². The lowest BCUT2D eigenvalue weighted by atomic mass is 9.97. The van der Waals surface area contributed by atoms with Gasteiger partial charge in [0.15, 0.2) is 0 Å². The van der Waals surface area contributed by atoms with Gasteiger partial charge < -0.3 is 10.2 Å². The Morgan fingerprint density at radius 2 is 1.58 bits per heavy atom. The average molecular weight is 336 g/mol. The smallest absolute Gasteiger partial charge is 0.125 e. The SMILES string of the molecule is C=C(CSc1ccccc1)C1=C(O)C(O)C2C1C2c1ccccc1. The molecule has 1 saturated carbocycles. The van der Waals surface area contributed by atoms with Crippen LogP contribution in [0.2, 0.25) is 0 Å². The van der Waals surface area contributed by atoms with E-state index in [1.807, 2.05) is 36.4 Å². The molecule has 2 N–H and O–H groups in total. The fourth-order valence-corrected chi connectivity index (χ4v) is 4.74. The number of hydrogen-bond acceptors (Lipinski definition) is 3. The zero-order chi connectivity index (χ0) is 16.7. The van der Waals surface area contributed by atoms with Gasteiger partial charge in [-0.25, -0.2) is 0 Å². The number of fused-ring (bicyclic) bond motifs is 1. The second kappa shape index (κ2) is 6.15. The summed E-state index contributed by atoms with van der Waals surface area (Å²) >= 11 is 1.71. The van der Waals surface area contributed by atoms with E-state index in [0.29, 0.717) is 5.92 Å². The molecule has 0 bridgehead atoms. The number of aliphatic hydroxyl groups is 2. The molecule has 4 atom stereocenters. The Kier molecular flexibility index (Phi) is 3.99. The summed E-state index contributed by atoms with van der Waals surface area (Å²) in [6, 6.07) is 20.4. The van der Waals surface area contributed by atoms with Crippen LogP contribution in [0, 0.1) is 11.8 Å². The van der Waals surface area contributed by atoms with Crippen LogP contribution in [0.1, 0.15) is 11.5 Å². The van der Waals surface area contributed by atoms with Crippen LogP contribution in [0.5, 0.6) is 0 Å². The van der Waals surface area contributed by atoms with Gasteiger partial charge in [-0.1, -0.05) is 55.1 Å². The van der Waals surface area contributed by atoms with Gasteiger partial charge in [0.25, 0.3) is 0 Å². The van der Waals surface area contributed by atoms with Gasteiger partial charge in [0.2, 0.25) is 0 Å². The predicted octanol–water partition coefficient (Wildman–Crippen LogP) is 4.55. The number of rotatable bonds is 5. The Morgan fingerprint density at radius 3 is 2.25 bits per heavy atom. The fraction of sp³-hybridized carbons (Fsp3) is 0.238. The molecule has 0 saturated heterocycles. The van der Waals surface area contributed by atoms with Gasteiger partial charge in [-0.05, 0) is 34.8 Å². The van der Waals surface area contributed by atoms with Crippen molar-refractivity contribution in [2.24, 2.45) is 11.8 Å². The summed E-state index contributed by atoms with van der Waals surface area (Å²) in [5.41, 5.74) is 3.04. The monoisotopic (exact) mass is 336 g/mol. The first kappa shape index (κ1) is 15.6. The highest BCUT2D eigenvalue weighted by molar-refractivity contribution is 7.99. The van der Waals surface area contributed by atoms with Crippen molar-refractivity contribution in [2.45, 2.75) is 16.9 Å². The molecule has 0 spiro atoms. The van der Waals surface area contributed by atoms with E-state index in [9.17, 15) is 10.2 Å². The van der Waals surface area contributed by atoms with Crippen molar-refractivity contribution in [2.75, 3.05) is 5.75 Å². The Labute approximate surface area is 146 Å². The highest BCUT2D eigenvalue weighted by atomic mass is 32.2. The molecule has 2 aliphatic carbocycles. The summed E-state index contributed by atoms with van der Waals surface area (Å²) in [4.78, 5) is 1.18. The lowest BCUT2D eigenvalue weighted by Crippen LogP contribution is -2.13. The molecular formula is C21H20O2S. The topological polar surface area (TPSA) is 40.5 Å². The Hall–Kier alpha value is -1.97. The van der Waals surface area contributed by atoms with Crippen LogP contribution in [-0.2, 0) is 0 Å². The van der Waals surface area contributed by atoms with E-state index in [0.717, 1.165) is 16.9 Å². The van der Waals surface area contributed by atoms with Crippen LogP contribution < -0.4 is 0 Å². The van der Waals surface area contributed by atoms with Crippen molar-refractivity contribution in [1.82, 2.24) is 0 Å². The van der Waals surface area contributed by atoms with E-state index < -0.39 is 6.10 Å². The van der Waals surface area contributed by atoms with Gasteiger partial charge in [-0.3, -0.25) is 0 Å². The fourth-order valence-electron chi connectivity index (χ4n) is 3.90. The largest absolute Gasteiger partial charge is 0.509 e. The van der Waals surface area contributed by atoms with Crippen LogP contribution in [0.3, 0.4) is 0 Å². The maximum absolute atomic E-state index is 10.4. The summed E-state index contributed by atoms with van der Waals surface area (Å²) in [6.07, 6.45) is -0.756. The second-order valence-corrected chi connectivity index (χ2v) is 7.54. The Balaban J connectivity index is 1.51. The lowest BCUT2D eigenvalue weighted by molar-refractivity contribution is 0.138. The van der Waals surface area contributed by atoms with E-state index in [-0.39, 0.29) is 17.6 Å². The minimum atomic E-state index is -0.756. The van der Waals surface area contributed by atoms with Gasteiger partial charge >= 0.3 is 0 Å². The molecule has 1 fully saturated rings. The van der Waals surface area contributed by atoms with Crippen molar-refractivity contribution in [3.8, 4) is 0 Å². The van der Waals surface area contributed by atoms with Crippen LogP contribution in [0.25, 0.3) is 0 Å². The zero-order valence-corrected chi connectivity index (χ0v) is 14.1. The average Bonchev–Trinajstić information content (AvgIpc) is 3.29. The third-order valence-corrected chi connectivity index (χ3v) is 6.15. The van der Waals surface area contributed by atoms with Gasteiger partial charge in [0.05, 0.1) is 0 Å². The summed E-state index contributed by atoms with van der Waals surface area (Å²) in [5.74, 6) is 1.45. The highest BCUT2D eigenvalue weighted by Gasteiger charge is 2.62. The number of benzene rings is 2. The van der Waals surface area contributed by atoms with Crippen LogP contribution in [-0.4, -0.2) is 22.1 Å². The molecule has 4 unspecified atom stereocenters. The molecule has 24 heavy (non-hydrogen) atoms. The molecular weight excluding hydrogens is 316 g/mol. The van der Waals surface area contributed by atoms with Gasteiger partial charge in [-0.2, -0.15) is 0 Å². The second-order valence-electron chi connectivity index (χ2n) is 6.49. The number of aliphatic hydroxyl groups excluding tert-OH is 2. The molecule has 0 amide bonds. The molecule has 2 aliphatic rings. The molecule has 0 aromatic heterocycles. The Morgan fingerprint density at radius 1 is 0.958 bits per heavy atom. The van der Waals surface area contributed by atoms with Crippen molar-refractivity contribution < 1.29 is 10.2 Å². The van der Waals surface area contributed by atoms with Crippen LogP contribution >= 0.6 is 11.8 Å². The number of allylic oxidation sites excluding steroid dienone is 1. The molecule has 0 radical (unpaired) electrons. The first-order valence-electron chi connectivity index (χ1n) is 8.20. The predicted molar refractivity (Wildman–Crippen MR) is 98.1 cm³/mol. The minimum absolute atomic E-state index is 0.0980. The number of hydrogen-bond donors (Lipinski definition) is 2. The summed E-state index contributed by atoms with van der Waals surface area (Å²) in [7, 11) is 0. The van der Waals surface area contributed by atoms with Crippen LogP contribution in [0.4, 0.5) is 0 Å². The van der Waals surface area contributed by atoms with E-state index in [1.165, 1.54) is 10.5 Å². The molecule has 2 aromatic rings. The number of thioether (sulfide) groups is 1. The third-order valence-electron chi connectivity index (χ3n) is 5.05. The zero-order valence-electron chi connectivity index (χ0n) is 13.3. The summed E-state index contributed by atoms with van der Waals surface area (Å²) in [5, 5.41) is 20.7. The van der Waals surface area contributed by atoms with E-state index in [2.05, 4.69) is 30.8 Å². The first-order valence-corrected chi connectivity index (χ1v) is 9.19. The van der Waals surface area contributed by atoms with E-state index in [4.69, 9.17) is 0 Å². The highest BCUT2D eigenvalue weighted by Crippen LogP contribution is 2.66.